The third kappa shape index (κ3) is 1.19. The smallest absolute Gasteiger partial charge is 0.157 e. The number of nitrogens with one attached hydrogen (secondary N) is 1. The minimum Gasteiger partial charge on any atom is -0.330 e. The number of imidazole rings is 1. The van der Waals surface area contributed by atoms with E-state index in [0.29, 0.717) is 10.2 Å². The summed E-state index contributed by atoms with van der Waals surface area (Å²) in [6.45, 7) is 0.256. The summed E-state index contributed by atoms with van der Waals surface area (Å²) in [7, 11) is 0. The van der Waals surface area contributed by atoms with Gasteiger partial charge in [0.05, 0.1) is 18.7 Å². The van der Waals surface area contributed by atoms with Crippen molar-refractivity contribution in [3.63, 3.8) is 0 Å². The maximum Gasteiger partial charge on any atom is 0.157 e. The molecule has 0 radical (unpaired) electrons. The summed E-state index contributed by atoms with van der Waals surface area (Å²) >= 11 is 4.96. The van der Waals surface area contributed by atoms with Gasteiger partial charge in [0.25, 0.3) is 0 Å². The van der Waals surface area contributed by atoms with Crippen molar-refractivity contribution < 1.29 is 0 Å². The van der Waals surface area contributed by atoms with E-state index in [1.54, 1.807) is 10.9 Å². The zero-order chi connectivity index (χ0) is 9.26. The number of hydrogen-bond acceptors (Lipinski definition) is 4. The lowest BCUT2D eigenvalue weighted by atomic mass is 10.5. The van der Waals surface area contributed by atoms with Gasteiger partial charge in [-0.25, -0.2) is 9.97 Å². The van der Waals surface area contributed by atoms with E-state index < -0.39 is 0 Å². The lowest BCUT2D eigenvalue weighted by Gasteiger charge is -1.94. The summed E-state index contributed by atoms with van der Waals surface area (Å²) in [5, 5.41) is 8.51. The highest BCUT2D eigenvalue weighted by atomic mass is 32.1. The standard InChI is InChI=1S/C7H5N5S/c8-1-2-12-4-11-5-6(12)9-3-10-7(5)13/h3-4H,2H2,(H,9,10,13). The van der Waals surface area contributed by atoms with Crippen molar-refractivity contribution in [3.05, 3.63) is 17.3 Å². The molecule has 0 unspecified atom stereocenters. The molecule has 6 heteroatoms. The lowest BCUT2D eigenvalue weighted by molar-refractivity contribution is 0.846. The fraction of sp³-hybridized carbons (Fsp3) is 0.143. The Hall–Kier alpha value is -1.74. The summed E-state index contributed by atoms with van der Waals surface area (Å²) in [6, 6.07) is 2.03. The van der Waals surface area contributed by atoms with Crippen LogP contribution in [0.15, 0.2) is 12.7 Å². The molecule has 0 saturated carbocycles. The Kier molecular flexibility index (Phi) is 1.79. The average molecular weight is 191 g/mol. The molecule has 2 aromatic rings. The van der Waals surface area contributed by atoms with Gasteiger partial charge in [-0.2, -0.15) is 5.26 Å². The molecule has 13 heavy (non-hydrogen) atoms. The zero-order valence-electron chi connectivity index (χ0n) is 6.56. The summed E-state index contributed by atoms with van der Waals surface area (Å²) < 4.78 is 2.14. The number of nitriles is 1. The van der Waals surface area contributed by atoms with Crippen LogP contribution in [0.1, 0.15) is 0 Å². The van der Waals surface area contributed by atoms with Gasteiger partial charge in [0.15, 0.2) is 4.64 Å². The highest BCUT2D eigenvalue weighted by Crippen LogP contribution is 2.08. The Morgan fingerprint density at radius 1 is 1.62 bits per heavy atom. The number of aromatic nitrogens is 4. The normalized spacial score (nSPS) is 10.1. The van der Waals surface area contributed by atoms with Crippen molar-refractivity contribution in [2.24, 2.45) is 0 Å². The van der Waals surface area contributed by atoms with E-state index in [4.69, 9.17) is 17.5 Å². The number of aromatic amines is 1. The van der Waals surface area contributed by atoms with E-state index >= 15 is 0 Å². The second-order valence-corrected chi connectivity index (χ2v) is 2.82. The molecule has 2 aromatic heterocycles. The molecule has 64 valence electrons. The van der Waals surface area contributed by atoms with Gasteiger partial charge in [0.1, 0.15) is 17.7 Å². The van der Waals surface area contributed by atoms with Crippen LogP contribution in [0.25, 0.3) is 11.2 Å². The van der Waals surface area contributed by atoms with Crippen LogP contribution in [0.4, 0.5) is 0 Å². The maximum atomic E-state index is 8.51. The molecule has 0 fully saturated rings. The van der Waals surface area contributed by atoms with Crippen molar-refractivity contribution >= 4 is 23.4 Å². The molecule has 0 aliphatic carbocycles. The van der Waals surface area contributed by atoms with Crippen molar-refractivity contribution in [3.8, 4) is 6.07 Å². The van der Waals surface area contributed by atoms with Gasteiger partial charge >= 0.3 is 0 Å². The second-order valence-electron chi connectivity index (χ2n) is 2.44. The van der Waals surface area contributed by atoms with Crippen LogP contribution in [0.5, 0.6) is 0 Å². The summed E-state index contributed by atoms with van der Waals surface area (Å²) in [4.78, 5) is 10.8. The molecule has 0 atom stereocenters. The highest BCUT2D eigenvalue weighted by Gasteiger charge is 2.02. The minimum absolute atomic E-state index is 0.256. The predicted octanol–water partition coefficient (Wildman–Crippen LogP) is 1.01. The topological polar surface area (TPSA) is 70.3 Å². The van der Waals surface area contributed by atoms with Crippen LogP contribution in [0.2, 0.25) is 0 Å². The van der Waals surface area contributed by atoms with Crippen LogP contribution in [-0.2, 0) is 6.54 Å². The van der Waals surface area contributed by atoms with Crippen LogP contribution in [0, 0.1) is 16.0 Å². The Morgan fingerprint density at radius 2 is 2.46 bits per heavy atom. The van der Waals surface area contributed by atoms with Gasteiger partial charge in [-0.05, 0) is 0 Å². The van der Waals surface area contributed by atoms with Gasteiger partial charge in [0, 0.05) is 0 Å². The zero-order valence-corrected chi connectivity index (χ0v) is 7.38. The largest absolute Gasteiger partial charge is 0.330 e. The van der Waals surface area contributed by atoms with Gasteiger partial charge in [-0.3, -0.25) is 0 Å². The van der Waals surface area contributed by atoms with Crippen LogP contribution in [-0.4, -0.2) is 19.5 Å². The molecule has 0 aromatic carbocycles. The first-order chi connectivity index (χ1) is 6.33. The SMILES string of the molecule is N#CCn1cnc2c(=S)nc[nH]c21. The molecule has 0 aliphatic heterocycles. The van der Waals surface area contributed by atoms with E-state index in [1.165, 1.54) is 6.33 Å². The van der Waals surface area contributed by atoms with Crippen molar-refractivity contribution in [1.29, 1.82) is 5.26 Å². The second kappa shape index (κ2) is 2.95. The quantitative estimate of drug-likeness (QED) is 0.683. The summed E-state index contributed by atoms with van der Waals surface area (Å²) in [5.41, 5.74) is 1.37. The first-order valence-electron chi connectivity index (χ1n) is 3.58. The van der Waals surface area contributed by atoms with Gasteiger partial charge in [-0.1, -0.05) is 12.2 Å². The van der Waals surface area contributed by atoms with Crippen LogP contribution < -0.4 is 0 Å². The summed E-state index contributed by atoms with van der Waals surface area (Å²) in [5.74, 6) is 0. The van der Waals surface area contributed by atoms with Crippen molar-refractivity contribution in [2.45, 2.75) is 6.54 Å². The Balaban J connectivity index is 2.77. The Labute approximate surface area is 78.7 Å². The van der Waals surface area contributed by atoms with Crippen LogP contribution >= 0.6 is 12.2 Å². The van der Waals surface area contributed by atoms with E-state index in [-0.39, 0.29) is 6.54 Å². The molecule has 2 heterocycles. The molecule has 0 spiro atoms. The van der Waals surface area contributed by atoms with Gasteiger partial charge in [-0.15, -0.1) is 0 Å². The lowest BCUT2D eigenvalue weighted by Crippen LogP contribution is -1.94. The molecule has 0 aliphatic rings. The fourth-order valence-corrected chi connectivity index (χ4v) is 1.30. The van der Waals surface area contributed by atoms with E-state index in [1.807, 2.05) is 6.07 Å². The number of fused-ring (bicyclic) bond motifs is 1. The monoisotopic (exact) mass is 191 g/mol. The molecule has 5 nitrogen and oxygen atoms in total. The number of H-pyrrole nitrogens is 1. The van der Waals surface area contributed by atoms with E-state index in [9.17, 15) is 0 Å². The number of hydrogen-bond donors (Lipinski definition) is 1. The van der Waals surface area contributed by atoms with Crippen molar-refractivity contribution in [2.75, 3.05) is 0 Å². The molecule has 0 bridgehead atoms. The third-order valence-electron chi connectivity index (χ3n) is 1.66. The molecular weight excluding hydrogens is 186 g/mol. The molecular formula is C7H5N5S. The number of rotatable bonds is 1. The van der Waals surface area contributed by atoms with Crippen molar-refractivity contribution in [1.82, 2.24) is 19.5 Å². The molecule has 1 N–H and O–H groups in total. The Bertz CT molecular complexity index is 532. The van der Waals surface area contributed by atoms with Gasteiger partial charge < -0.3 is 9.55 Å². The molecule has 2 rings (SSSR count). The fourth-order valence-electron chi connectivity index (χ4n) is 1.10. The third-order valence-corrected chi connectivity index (χ3v) is 1.96. The Morgan fingerprint density at radius 3 is 3.23 bits per heavy atom. The minimum atomic E-state index is 0.256. The first-order valence-corrected chi connectivity index (χ1v) is 3.99. The number of nitrogens with zero attached hydrogens (tertiary/aromatic N) is 4. The summed E-state index contributed by atoms with van der Waals surface area (Å²) in [6.07, 6.45) is 3.07. The van der Waals surface area contributed by atoms with E-state index in [2.05, 4.69) is 15.0 Å². The van der Waals surface area contributed by atoms with E-state index in [0.717, 1.165) is 5.65 Å². The van der Waals surface area contributed by atoms with Gasteiger partial charge in [0.2, 0.25) is 0 Å². The van der Waals surface area contributed by atoms with Crippen LogP contribution in [0.3, 0.4) is 0 Å². The molecule has 0 amide bonds. The maximum absolute atomic E-state index is 8.51. The average Bonchev–Trinajstić information content (AvgIpc) is 2.51. The highest BCUT2D eigenvalue weighted by molar-refractivity contribution is 7.71. The molecule has 0 saturated heterocycles. The first kappa shape index (κ1) is 7.89. The predicted molar refractivity (Wildman–Crippen MR) is 48.3 cm³/mol.